The van der Waals surface area contributed by atoms with Crippen LogP contribution in [0.15, 0.2) is 147 Å². The van der Waals surface area contributed by atoms with Gasteiger partial charge in [-0.05, 0) is 91.0 Å². The van der Waals surface area contributed by atoms with Gasteiger partial charge >= 0.3 is 13.2 Å². The highest BCUT2D eigenvalue weighted by atomic mass is 19.3. The van der Waals surface area contributed by atoms with Gasteiger partial charge in [0.15, 0.2) is 11.3 Å². The van der Waals surface area contributed by atoms with E-state index in [-0.39, 0.29) is 63.1 Å². The van der Waals surface area contributed by atoms with Crippen LogP contribution in [0.25, 0.3) is 33.8 Å². The van der Waals surface area contributed by atoms with Crippen molar-refractivity contribution in [3.63, 3.8) is 0 Å². The number of aromatic amines is 2. The number of amides is 2. The molecule has 0 unspecified atom stereocenters. The first-order valence-corrected chi connectivity index (χ1v) is 23.0. The number of aromatic nitrogens is 10. The summed E-state index contributed by atoms with van der Waals surface area (Å²) >= 11 is 0. The lowest BCUT2D eigenvalue weighted by molar-refractivity contribution is -0.0501. The van der Waals surface area contributed by atoms with Gasteiger partial charge in [-0.15, -0.1) is 0 Å². The van der Waals surface area contributed by atoms with Gasteiger partial charge < -0.3 is 45.3 Å². The van der Waals surface area contributed by atoms with Crippen LogP contribution in [0.4, 0.5) is 28.9 Å². The molecular weight excluding hydrogens is 997 g/mol. The van der Waals surface area contributed by atoms with Crippen LogP contribution in [-0.4, -0.2) is 99.9 Å². The first-order valence-electron chi connectivity index (χ1n) is 23.0. The fraction of sp³-hybridized carbons (Fsp3) is 0.137. The molecule has 6 heterocycles. The Morgan fingerprint density at radius 2 is 1.09 bits per heavy atom. The van der Waals surface area contributed by atoms with E-state index in [1.165, 1.54) is 76.4 Å². The van der Waals surface area contributed by atoms with Crippen LogP contribution in [0.2, 0.25) is 0 Å². The summed E-state index contributed by atoms with van der Waals surface area (Å²) in [6, 6.07) is 26.9. The smallest absolute Gasteiger partial charge is 0.387 e. The van der Waals surface area contributed by atoms with Crippen molar-refractivity contribution in [2.45, 2.75) is 26.3 Å². The van der Waals surface area contributed by atoms with E-state index in [1.54, 1.807) is 42.9 Å². The number of benzene rings is 4. The number of aliphatic hydroxyl groups is 1. The predicted molar refractivity (Wildman–Crippen MR) is 268 cm³/mol. The molecule has 76 heavy (non-hydrogen) atoms. The summed E-state index contributed by atoms with van der Waals surface area (Å²) in [5.74, 6) is 0.525. The molecule has 10 rings (SSSR count). The minimum Gasteiger partial charge on any atom is -0.457 e. The average Bonchev–Trinajstić information content (AvgIpc) is 4.26. The number of halogens is 4. The van der Waals surface area contributed by atoms with Crippen LogP contribution in [0.3, 0.4) is 0 Å². The molecule has 0 spiro atoms. The van der Waals surface area contributed by atoms with Crippen molar-refractivity contribution in [2.75, 3.05) is 30.8 Å². The number of fused-ring (bicyclic) bond motifs is 2. The van der Waals surface area contributed by atoms with Gasteiger partial charge in [0, 0.05) is 55.5 Å². The van der Waals surface area contributed by atoms with Crippen molar-refractivity contribution in [3.05, 3.63) is 169 Å². The molecule has 6 aromatic heterocycles. The van der Waals surface area contributed by atoms with Gasteiger partial charge in [0.25, 0.3) is 11.8 Å². The van der Waals surface area contributed by atoms with E-state index < -0.39 is 25.0 Å². The number of nitrogens with zero attached hydrogens (tertiary/aromatic N) is 8. The zero-order chi connectivity index (χ0) is 53.0. The van der Waals surface area contributed by atoms with Gasteiger partial charge in [-0.25, -0.2) is 19.0 Å². The highest BCUT2D eigenvalue weighted by Gasteiger charge is 2.23. The number of aliphatic hydroxyl groups excluding tert-OH is 1. The number of carbonyl (C=O) groups is 2. The third-order valence-electron chi connectivity index (χ3n) is 11.0. The average molecular weight is 1040 g/mol. The summed E-state index contributed by atoms with van der Waals surface area (Å²) < 4.78 is 77.2. The van der Waals surface area contributed by atoms with E-state index >= 15 is 0 Å². The highest BCUT2D eigenvalue weighted by molar-refractivity contribution is 6.10. The third kappa shape index (κ3) is 12.4. The summed E-state index contributed by atoms with van der Waals surface area (Å²) in [5, 5.41) is 42.3. The molecule has 0 radical (unpaired) electrons. The maximum Gasteiger partial charge on any atom is 0.387 e. The Morgan fingerprint density at radius 3 is 1.55 bits per heavy atom. The summed E-state index contributed by atoms with van der Waals surface area (Å²) in [6.07, 6.45) is 11.9. The molecule has 10 aromatic rings. The zero-order valence-corrected chi connectivity index (χ0v) is 39.8. The topological polar surface area (TPSA) is 257 Å². The number of carbonyl (C=O) groups excluding carboxylic acids is 2. The van der Waals surface area contributed by atoms with Crippen molar-refractivity contribution < 1.29 is 51.2 Å². The number of H-pyrrole nitrogens is 2. The number of rotatable bonds is 20. The van der Waals surface area contributed by atoms with Crippen LogP contribution in [0, 0.1) is 0 Å². The zero-order valence-electron chi connectivity index (χ0n) is 39.8. The van der Waals surface area contributed by atoms with E-state index in [1.807, 2.05) is 43.4 Å². The first-order chi connectivity index (χ1) is 37.0. The van der Waals surface area contributed by atoms with E-state index in [4.69, 9.17) is 24.1 Å². The number of hydrogen-bond donors (Lipinski definition) is 7. The van der Waals surface area contributed by atoms with E-state index in [0.717, 1.165) is 11.1 Å². The summed E-state index contributed by atoms with van der Waals surface area (Å²) in [7, 11) is 1.84. The Bertz CT molecular complexity index is 3600. The Morgan fingerprint density at radius 1 is 0.618 bits per heavy atom. The van der Waals surface area contributed by atoms with Gasteiger partial charge in [0.2, 0.25) is 0 Å². The quantitative estimate of drug-likeness (QED) is 0.0280. The van der Waals surface area contributed by atoms with Crippen molar-refractivity contribution in [3.8, 4) is 57.0 Å². The standard InChI is InChI=1S/C26H23F2N7O4.C25H21F2N7O3/c27-26(28)39-22-6-5-18(38-17-4-1-3-16(11-17)13-29-8-10-36)12-19(22)23-21(15-31-34-23)33-25(37)20-14-32-35-9-2-7-30-24(20)35;1-28-12-15-4-2-5-16(10-15)36-17-6-7-21(37-25(26)27)18(11-17)22-20(14-30-33-22)32-24(35)19-13-31-34-9-3-8-29-23(19)34/h1-7,9,11-12,14-15,26,29,36H,8,10,13H2,(H,31,34)(H,33,37);2-11,13-14,25,28H,12H2,1H3,(H,30,33)(H,32,35). The monoisotopic (exact) mass is 1040 g/mol. The molecule has 0 aliphatic heterocycles. The van der Waals surface area contributed by atoms with Gasteiger partial charge in [-0.2, -0.15) is 38.0 Å². The molecule has 0 saturated heterocycles. The Kier molecular flexibility index (Phi) is 16.1. The largest absolute Gasteiger partial charge is 0.457 e. The molecule has 388 valence electrons. The molecule has 4 aromatic carbocycles. The molecule has 0 atom stereocenters. The lowest BCUT2D eigenvalue weighted by atomic mass is 10.1. The summed E-state index contributed by atoms with van der Waals surface area (Å²) in [6.45, 7) is -4.47. The molecule has 0 bridgehead atoms. The molecular formula is C51H44F4N14O7. The number of hydrogen-bond acceptors (Lipinski definition) is 15. The second-order valence-electron chi connectivity index (χ2n) is 16.1. The minimum atomic E-state index is -3.08. The van der Waals surface area contributed by atoms with Crippen LogP contribution < -0.4 is 40.2 Å². The maximum atomic E-state index is 13.2. The summed E-state index contributed by atoms with van der Waals surface area (Å²) in [4.78, 5) is 34.4. The lowest BCUT2D eigenvalue weighted by Gasteiger charge is -2.14. The first kappa shape index (κ1) is 51.2. The second-order valence-corrected chi connectivity index (χ2v) is 16.1. The van der Waals surface area contributed by atoms with Crippen molar-refractivity contribution in [1.82, 2.24) is 60.2 Å². The van der Waals surface area contributed by atoms with Gasteiger partial charge in [0.1, 0.15) is 45.6 Å². The normalized spacial score (nSPS) is 11.2. The SMILES string of the molecule is CNCc1cccc(Oc2ccc(OC(F)F)c(-c3[nH]ncc3NC(=O)c3cnn4cccnc34)c2)c1.O=C(Nc1cn[nH]c1-c1cc(Oc2cccc(CNCCO)c2)ccc1OC(F)F)c1cnn2cccnc12. The predicted octanol–water partition coefficient (Wildman–Crippen LogP) is 8.33. The van der Waals surface area contributed by atoms with E-state index in [0.29, 0.717) is 53.9 Å². The fourth-order valence-electron chi connectivity index (χ4n) is 7.69. The Hall–Kier alpha value is -9.72. The number of nitrogens with one attached hydrogen (secondary N) is 6. The fourth-order valence-corrected chi connectivity index (χ4v) is 7.69. The Labute approximate surface area is 427 Å². The molecule has 0 saturated carbocycles. The number of anilines is 2. The van der Waals surface area contributed by atoms with E-state index in [2.05, 4.69) is 61.8 Å². The molecule has 7 N–H and O–H groups in total. The number of alkyl halides is 4. The van der Waals surface area contributed by atoms with Crippen LogP contribution in [0.5, 0.6) is 34.5 Å². The van der Waals surface area contributed by atoms with Crippen molar-refractivity contribution in [2.24, 2.45) is 0 Å². The second kappa shape index (κ2) is 23.9. The minimum absolute atomic E-state index is 0.0259. The van der Waals surface area contributed by atoms with Gasteiger partial charge in [-0.3, -0.25) is 19.8 Å². The summed E-state index contributed by atoms with van der Waals surface area (Å²) in [5.41, 5.74) is 4.48. The van der Waals surface area contributed by atoms with E-state index in [9.17, 15) is 27.2 Å². The lowest BCUT2D eigenvalue weighted by Crippen LogP contribution is -2.17. The molecule has 2 amide bonds. The maximum absolute atomic E-state index is 13.2. The molecule has 0 aliphatic carbocycles. The van der Waals surface area contributed by atoms with Crippen molar-refractivity contribution >= 4 is 34.5 Å². The van der Waals surface area contributed by atoms with Gasteiger partial charge in [-0.1, -0.05) is 24.3 Å². The van der Waals surface area contributed by atoms with Crippen LogP contribution in [0.1, 0.15) is 31.8 Å². The van der Waals surface area contributed by atoms with Crippen molar-refractivity contribution in [1.29, 1.82) is 0 Å². The van der Waals surface area contributed by atoms with Crippen LogP contribution in [-0.2, 0) is 13.1 Å². The van der Waals surface area contributed by atoms with Gasteiger partial charge in [0.05, 0.1) is 54.2 Å². The molecule has 21 nitrogen and oxygen atoms in total. The highest BCUT2D eigenvalue weighted by Crippen LogP contribution is 2.40. The number of ether oxygens (including phenoxy) is 4. The molecule has 0 aliphatic rings. The third-order valence-corrected chi connectivity index (χ3v) is 11.0. The molecule has 25 heteroatoms. The molecule has 0 fully saturated rings. The van der Waals surface area contributed by atoms with Crippen LogP contribution >= 0.6 is 0 Å². The Balaban J connectivity index is 0.000000186.